The third-order valence-electron chi connectivity index (χ3n) is 2.65. The first kappa shape index (κ1) is 14.2. The molecule has 0 saturated carbocycles. The number of carbonyl (C=O) groups excluding carboxylic acids is 1. The molecule has 20 heavy (non-hydrogen) atoms. The van der Waals surface area contributed by atoms with Gasteiger partial charge in [-0.15, -0.1) is 0 Å². The van der Waals surface area contributed by atoms with Crippen molar-refractivity contribution >= 4 is 5.91 Å². The number of nitrogens with one attached hydrogen (secondary N) is 2. The van der Waals surface area contributed by atoms with E-state index in [-0.39, 0.29) is 11.5 Å². The second-order valence-corrected chi connectivity index (χ2v) is 5.59. The summed E-state index contributed by atoms with van der Waals surface area (Å²) in [4.78, 5) is 15.3. The summed E-state index contributed by atoms with van der Waals surface area (Å²) in [7, 11) is 0. The lowest BCUT2D eigenvalue weighted by Crippen LogP contribution is -2.27. The van der Waals surface area contributed by atoms with Crippen LogP contribution in [0.2, 0.25) is 0 Å². The van der Waals surface area contributed by atoms with Crippen LogP contribution in [-0.4, -0.2) is 16.5 Å². The molecule has 0 bridgehead atoms. The van der Waals surface area contributed by atoms with Gasteiger partial charge < -0.3 is 15.0 Å². The van der Waals surface area contributed by atoms with Crippen LogP contribution >= 0.6 is 0 Å². The van der Waals surface area contributed by atoms with Crippen molar-refractivity contribution in [3.8, 4) is 5.75 Å². The van der Waals surface area contributed by atoms with Gasteiger partial charge in [-0.05, 0) is 45.0 Å². The number of para-hydroxylation sites is 1. The Morgan fingerprint density at radius 2 is 1.95 bits per heavy atom. The van der Waals surface area contributed by atoms with Gasteiger partial charge in [0.15, 0.2) is 0 Å². The highest BCUT2D eigenvalue weighted by atomic mass is 16.5. The maximum absolute atomic E-state index is 12.2. The first-order valence-electron chi connectivity index (χ1n) is 6.64. The van der Waals surface area contributed by atoms with Crippen molar-refractivity contribution in [2.75, 3.05) is 0 Å². The van der Waals surface area contributed by atoms with Crippen LogP contribution in [0.1, 0.15) is 36.8 Å². The Bertz CT molecular complexity index is 568. The highest BCUT2D eigenvalue weighted by molar-refractivity contribution is 5.96. The molecule has 0 fully saturated rings. The number of ether oxygens (including phenoxy) is 1. The van der Waals surface area contributed by atoms with E-state index in [4.69, 9.17) is 4.74 Å². The highest BCUT2D eigenvalue weighted by Gasteiger charge is 2.17. The minimum atomic E-state index is -0.337. The van der Waals surface area contributed by atoms with Gasteiger partial charge in [-0.25, -0.2) is 0 Å². The lowest BCUT2D eigenvalue weighted by Gasteiger charge is -2.22. The number of rotatable bonds is 4. The van der Waals surface area contributed by atoms with Gasteiger partial charge >= 0.3 is 0 Å². The van der Waals surface area contributed by atoms with Crippen LogP contribution in [-0.2, 0) is 6.54 Å². The number of amides is 1. The van der Waals surface area contributed by atoms with E-state index in [2.05, 4.69) is 10.3 Å². The van der Waals surface area contributed by atoms with Gasteiger partial charge in [0.2, 0.25) is 0 Å². The van der Waals surface area contributed by atoms with Gasteiger partial charge in [-0.2, -0.15) is 0 Å². The minimum absolute atomic E-state index is 0.139. The summed E-state index contributed by atoms with van der Waals surface area (Å²) in [5.41, 5.74) is 1.18. The quantitative estimate of drug-likeness (QED) is 0.898. The molecule has 0 aliphatic rings. The monoisotopic (exact) mass is 272 g/mol. The van der Waals surface area contributed by atoms with Crippen LogP contribution in [0.5, 0.6) is 5.75 Å². The van der Waals surface area contributed by atoms with Crippen molar-refractivity contribution in [1.29, 1.82) is 0 Å². The molecule has 1 heterocycles. The summed E-state index contributed by atoms with van der Waals surface area (Å²) in [6.45, 7) is 6.34. The first-order valence-corrected chi connectivity index (χ1v) is 6.64. The maximum atomic E-state index is 12.2. The van der Waals surface area contributed by atoms with Gasteiger partial charge in [0.1, 0.15) is 11.4 Å². The summed E-state index contributed by atoms with van der Waals surface area (Å²) in [5, 5.41) is 2.88. The smallest absolute Gasteiger partial charge is 0.255 e. The predicted molar refractivity (Wildman–Crippen MR) is 78.8 cm³/mol. The number of H-pyrrole nitrogens is 1. The van der Waals surface area contributed by atoms with E-state index in [1.807, 2.05) is 57.3 Å². The number of carbonyl (C=O) groups is 1. The summed E-state index contributed by atoms with van der Waals surface area (Å²) >= 11 is 0. The first-order chi connectivity index (χ1) is 9.46. The summed E-state index contributed by atoms with van der Waals surface area (Å²) in [6.07, 6.45) is 1.83. The molecule has 0 radical (unpaired) electrons. The van der Waals surface area contributed by atoms with E-state index in [9.17, 15) is 4.79 Å². The van der Waals surface area contributed by atoms with Gasteiger partial charge in [-0.3, -0.25) is 4.79 Å². The lowest BCUT2D eigenvalue weighted by molar-refractivity contribution is 0.0930. The molecule has 0 aliphatic heterocycles. The van der Waals surface area contributed by atoms with Crippen molar-refractivity contribution in [3.05, 3.63) is 53.9 Å². The van der Waals surface area contributed by atoms with Gasteiger partial charge in [0, 0.05) is 11.9 Å². The Balaban J connectivity index is 2.09. The maximum Gasteiger partial charge on any atom is 0.255 e. The van der Waals surface area contributed by atoms with Crippen molar-refractivity contribution in [2.24, 2.45) is 0 Å². The summed E-state index contributed by atoms with van der Waals surface area (Å²) < 4.78 is 5.82. The Kier molecular flexibility index (Phi) is 4.13. The van der Waals surface area contributed by atoms with Crippen LogP contribution in [0, 0.1) is 0 Å². The molecule has 4 heteroatoms. The van der Waals surface area contributed by atoms with Crippen LogP contribution in [0.15, 0.2) is 42.6 Å². The van der Waals surface area contributed by atoms with E-state index in [1.165, 1.54) is 0 Å². The molecule has 1 amide bonds. The third-order valence-corrected chi connectivity index (χ3v) is 2.65. The van der Waals surface area contributed by atoms with Crippen molar-refractivity contribution in [1.82, 2.24) is 10.3 Å². The largest absolute Gasteiger partial charge is 0.487 e. The zero-order valence-corrected chi connectivity index (χ0v) is 12.1. The molecule has 4 nitrogen and oxygen atoms in total. The molecule has 0 atom stereocenters. The molecule has 2 aromatic rings. The number of aromatic nitrogens is 1. The molecule has 0 unspecified atom stereocenters. The van der Waals surface area contributed by atoms with Crippen molar-refractivity contribution in [2.45, 2.75) is 32.9 Å². The molecule has 0 spiro atoms. The molecule has 1 aromatic heterocycles. The van der Waals surface area contributed by atoms with Crippen molar-refractivity contribution < 1.29 is 9.53 Å². The Morgan fingerprint density at radius 1 is 1.20 bits per heavy atom. The predicted octanol–water partition coefficient (Wildman–Crippen LogP) is 3.12. The zero-order chi connectivity index (χ0) is 14.6. The molecule has 2 N–H and O–H groups in total. The third kappa shape index (κ3) is 3.88. The molecule has 0 aliphatic carbocycles. The van der Waals surface area contributed by atoms with Gasteiger partial charge in [0.05, 0.1) is 12.1 Å². The summed E-state index contributed by atoms with van der Waals surface area (Å²) in [6, 6.07) is 11.1. The minimum Gasteiger partial charge on any atom is -0.487 e. The number of benzene rings is 1. The molecule has 106 valence electrons. The lowest BCUT2D eigenvalue weighted by atomic mass is 10.1. The van der Waals surface area contributed by atoms with E-state index >= 15 is 0 Å². The normalized spacial score (nSPS) is 11.2. The molecular formula is C16H20N2O2. The molecular weight excluding hydrogens is 252 g/mol. The Hall–Kier alpha value is -2.23. The van der Waals surface area contributed by atoms with Crippen LogP contribution in [0.25, 0.3) is 0 Å². The van der Waals surface area contributed by atoms with Crippen LogP contribution < -0.4 is 10.1 Å². The standard InChI is InChI=1S/C16H20N2O2/c1-16(2,3)20-14-9-5-4-8-13(14)15(19)18-11-12-7-6-10-17-12/h4-10,17H,11H2,1-3H3,(H,18,19). The average molecular weight is 272 g/mol. The average Bonchev–Trinajstić information content (AvgIpc) is 2.88. The van der Waals surface area contributed by atoms with Gasteiger partial charge in [-0.1, -0.05) is 12.1 Å². The van der Waals surface area contributed by atoms with Gasteiger partial charge in [0.25, 0.3) is 5.91 Å². The Morgan fingerprint density at radius 3 is 2.60 bits per heavy atom. The SMILES string of the molecule is CC(C)(C)Oc1ccccc1C(=O)NCc1ccc[nH]1. The fourth-order valence-electron chi connectivity index (χ4n) is 1.82. The second kappa shape index (κ2) is 5.82. The summed E-state index contributed by atoms with van der Waals surface area (Å²) in [5.74, 6) is 0.462. The highest BCUT2D eigenvalue weighted by Crippen LogP contribution is 2.22. The molecule has 2 rings (SSSR count). The fraction of sp³-hybridized carbons (Fsp3) is 0.312. The zero-order valence-electron chi connectivity index (χ0n) is 12.1. The van der Waals surface area contributed by atoms with E-state index in [0.29, 0.717) is 17.9 Å². The van der Waals surface area contributed by atoms with E-state index in [0.717, 1.165) is 5.69 Å². The molecule has 1 aromatic carbocycles. The van der Waals surface area contributed by atoms with Crippen LogP contribution in [0.3, 0.4) is 0 Å². The topological polar surface area (TPSA) is 54.1 Å². The number of aromatic amines is 1. The van der Waals surface area contributed by atoms with Crippen molar-refractivity contribution in [3.63, 3.8) is 0 Å². The second-order valence-electron chi connectivity index (χ2n) is 5.59. The van der Waals surface area contributed by atoms with E-state index < -0.39 is 0 Å². The fourth-order valence-corrected chi connectivity index (χ4v) is 1.82. The number of hydrogen-bond donors (Lipinski definition) is 2. The Labute approximate surface area is 119 Å². The molecule has 0 saturated heterocycles. The van der Waals surface area contributed by atoms with Crippen LogP contribution in [0.4, 0.5) is 0 Å². The number of hydrogen-bond acceptors (Lipinski definition) is 2. The van der Waals surface area contributed by atoms with E-state index in [1.54, 1.807) is 6.07 Å².